The van der Waals surface area contributed by atoms with Gasteiger partial charge in [-0.2, -0.15) is 0 Å². The van der Waals surface area contributed by atoms with E-state index in [9.17, 15) is 15.0 Å². The van der Waals surface area contributed by atoms with Crippen molar-refractivity contribution in [3.63, 3.8) is 0 Å². The number of carbonyl (C=O) groups is 1. The Hall–Kier alpha value is -0.870. The number of aliphatic hydroxyl groups excluding tert-OH is 1. The maximum absolute atomic E-state index is 11.6. The highest BCUT2D eigenvalue weighted by Crippen LogP contribution is 2.50. The molecule has 2 aliphatic carbocycles. The number of aliphatic hydroxyl groups is 2. The summed E-state index contributed by atoms with van der Waals surface area (Å²) in [6.45, 7) is 9.32. The number of hydrogen-bond donors (Lipinski definition) is 2. The van der Waals surface area contributed by atoms with Gasteiger partial charge in [0.15, 0.2) is 0 Å². The summed E-state index contributed by atoms with van der Waals surface area (Å²) in [5, 5.41) is 21.4. The van der Waals surface area contributed by atoms with Crippen LogP contribution in [0.4, 0.5) is 0 Å². The maximum Gasteiger partial charge on any atom is 0.302 e. The van der Waals surface area contributed by atoms with Crippen LogP contribution in [-0.4, -0.2) is 34.0 Å². The molecule has 1 saturated carbocycles. The van der Waals surface area contributed by atoms with Crippen LogP contribution in [-0.2, 0) is 9.53 Å². The Balaban J connectivity index is 2.51. The normalized spacial score (nSPS) is 40.2. The van der Waals surface area contributed by atoms with Gasteiger partial charge < -0.3 is 14.9 Å². The molecule has 0 saturated heterocycles. The fourth-order valence-corrected chi connectivity index (χ4v) is 4.29. The van der Waals surface area contributed by atoms with Crippen LogP contribution < -0.4 is 0 Å². The molecule has 120 valence electrons. The summed E-state index contributed by atoms with van der Waals surface area (Å²) in [7, 11) is 0. The van der Waals surface area contributed by atoms with E-state index in [4.69, 9.17) is 4.74 Å². The van der Waals surface area contributed by atoms with Crippen molar-refractivity contribution in [3.05, 3.63) is 11.1 Å². The summed E-state index contributed by atoms with van der Waals surface area (Å²) in [6.07, 6.45) is 1.11. The van der Waals surface area contributed by atoms with Crippen LogP contribution in [0.25, 0.3) is 0 Å². The predicted molar refractivity (Wildman–Crippen MR) is 80.6 cm³/mol. The lowest BCUT2D eigenvalue weighted by molar-refractivity contribution is -0.162. The molecule has 21 heavy (non-hydrogen) atoms. The second-order valence-electron chi connectivity index (χ2n) is 7.31. The Morgan fingerprint density at radius 3 is 2.57 bits per heavy atom. The molecule has 2 N–H and O–H groups in total. The average Bonchev–Trinajstić information content (AvgIpc) is 2.56. The van der Waals surface area contributed by atoms with Gasteiger partial charge >= 0.3 is 5.97 Å². The highest BCUT2D eigenvalue weighted by molar-refractivity contribution is 5.66. The van der Waals surface area contributed by atoms with Gasteiger partial charge in [0.1, 0.15) is 6.10 Å². The number of fused-ring (bicyclic) bond motifs is 1. The number of ether oxygens (including phenoxy) is 1. The Labute approximate surface area is 127 Å². The van der Waals surface area contributed by atoms with Crippen LogP contribution in [0, 0.1) is 17.8 Å². The van der Waals surface area contributed by atoms with E-state index in [0.29, 0.717) is 12.8 Å². The first-order chi connectivity index (χ1) is 9.65. The lowest BCUT2D eigenvalue weighted by Crippen LogP contribution is -2.47. The van der Waals surface area contributed by atoms with Gasteiger partial charge in [0.2, 0.25) is 0 Å². The van der Waals surface area contributed by atoms with Gasteiger partial charge in [0.25, 0.3) is 0 Å². The van der Waals surface area contributed by atoms with Crippen molar-refractivity contribution in [2.24, 2.45) is 17.8 Å². The quantitative estimate of drug-likeness (QED) is 0.607. The fraction of sp³-hybridized carbons (Fsp3) is 0.824. The van der Waals surface area contributed by atoms with E-state index in [1.54, 1.807) is 0 Å². The first-order valence-corrected chi connectivity index (χ1v) is 7.91. The molecule has 0 aliphatic heterocycles. The van der Waals surface area contributed by atoms with E-state index in [-0.39, 0.29) is 23.7 Å². The van der Waals surface area contributed by atoms with Gasteiger partial charge in [0, 0.05) is 18.8 Å². The number of hydrogen-bond acceptors (Lipinski definition) is 4. The van der Waals surface area contributed by atoms with Crippen molar-refractivity contribution in [2.45, 2.75) is 71.7 Å². The minimum atomic E-state index is -0.881. The smallest absolute Gasteiger partial charge is 0.302 e. The third kappa shape index (κ3) is 3.02. The molecule has 5 atom stereocenters. The summed E-state index contributed by atoms with van der Waals surface area (Å²) in [5.41, 5.74) is 1.44. The molecular formula is C17H28O4. The van der Waals surface area contributed by atoms with Crippen LogP contribution in [0.3, 0.4) is 0 Å². The molecule has 0 radical (unpaired) electrons. The monoisotopic (exact) mass is 296 g/mol. The molecule has 0 aromatic rings. The second-order valence-corrected chi connectivity index (χ2v) is 7.31. The second kappa shape index (κ2) is 5.73. The van der Waals surface area contributed by atoms with Crippen molar-refractivity contribution >= 4 is 5.97 Å². The molecule has 0 amide bonds. The SMILES string of the molecule is CC(=O)O[C@H]1[C@@H](C(C)C)[C@@H](O)CC(C)=C2CC[C@@](C)(O)[C@H]21. The van der Waals surface area contributed by atoms with Crippen molar-refractivity contribution in [3.8, 4) is 0 Å². The van der Waals surface area contributed by atoms with Crippen LogP contribution in [0.1, 0.15) is 53.9 Å². The summed E-state index contributed by atoms with van der Waals surface area (Å²) in [5.74, 6) is -0.533. The van der Waals surface area contributed by atoms with Crippen LogP contribution >= 0.6 is 0 Å². The lowest BCUT2D eigenvalue weighted by atomic mass is 9.75. The third-order valence-corrected chi connectivity index (χ3v) is 5.23. The van der Waals surface area contributed by atoms with Gasteiger partial charge in [-0.1, -0.05) is 25.0 Å². The Morgan fingerprint density at radius 2 is 2.05 bits per heavy atom. The molecule has 0 spiro atoms. The standard InChI is InChI=1S/C17H28O4/c1-9(2)14-13(19)8-10(3)12-6-7-17(5,20)15(12)16(14)21-11(4)18/h9,13-16,19-20H,6-8H2,1-5H3/t13-,14-,15+,16-,17+/m0/s1. The van der Waals surface area contributed by atoms with E-state index in [1.807, 2.05) is 27.7 Å². The zero-order chi connectivity index (χ0) is 15.9. The molecule has 4 nitrogen and oxygen atoms in total. The van der Waals surface area contributed by atoms with Gasteiger partial charge in [-0.05, 0) is 39.0 Å². The number of rotatable bonds is 2. The van der Waals surface area contributed by atoms with E-state index in [1.165, 1.54) is 12.5 Å². The summed E-state index contributed by atoms with van der Waals surface area (Å²) < 4.78 is 5.62. The zero-order valence-corrected chi connectivity index (χ0v) is 13.7. The molecule has 2 aliphatic rings. The molecule has 4 heteroatoms. The van der Waals surface area contributed by atoms with Crippen molar-refractivity contribution in [2.75, 3.05) is 0 Å². The lowest BCUT2D eigenvalue weighted by Gasteiger charge is -2.39. The molecule has 2 rings (SSSR count). The van der Waals surface area contributed by atoms with Crippen LogP contribution in [0.15, 0.2) is 11.1 Å². The third-order valence-electron chi connectivity index (χ3n) is 5.23. The highest BCUT2D eigenvalue weighted by atomic mass is 16.5. The zero-order valence-electron chi connectivity index (χ0n) is 13.7. The van der Waals surface area contributed by atoms with Crippen molar-refractivity contribution in [1.29, 1.82) is 0 Å². The molecule has 0 aromatic heterocycles. The highest BCUT2D eigenvalue weighted by Gasteiger charge is 2.52. The van der Waals surface area contributed by atoms with Gasteiger partial charge in [-0.25, -0.2) is 0 Å². The van der Waals surface area contributed by atoms with Crippen LogP contribution in [0.5, 0.6) is 0 Å². The number of esters is 1. The van der Waals surface area contributed by atoms with E-state index >= 15 is 0 Å². The Morgan fingerprint density at radius 1 is 1.43 bits per heavy atom. The molecule has 1 fully saturated rings. The minimum absolute atomic E-state index is 0.157. The minimum Gasteiger partial charge on any atom is -0.461 e. The fourth-order valence-electron chi connectivity index (χ4n) is 4.29. The Bertz CT molecular complexity index is 450. The van der Waals surface area contributed by atoms with E-state index < -0.39 is 17.8 Å². The molecular weight excluding hydrogens is 268 g/mol. The van der Waals surface area contributed by atoms with Crippen LogP contribution in [0.2, 0.25) is 0 Å². The average molecular weight is 296 g/mol. The summed E-state index contributed by atoms with van der Waals surface area (Å²) in [4.78, 5) is 11.6. The Kier molecular flexibility index (Phi) is 4.50. The summed E-state index contributed by atoms with van der Waals surface area (Å²) >= 11 is 0. The molecule has 0 bridgehead atoms. The van der Waals surface area contributed by atoms with Gasteiger partial charge in [-0.15, -0.1) is 0 Å². The number of carbonyl (C=O) groups excluding carboxylic acids is 1. The first kappa shape index (κ1) is 16.5. The molecule has 0 heterocycles. The van der Waals surface area contributed by atoms with E-state index in [2.05, 4.69) is 0 Å². The molecule has 0 unspecified atom stereocenters. The first-order valence-electron chi connectivity index (χ1n) is 7.91. The van der Waals surface area contributed by atoms with E-state index in [0.717, 1.165) is 12.0 Å². The topological polar surface area (TPSA) is 66.8 Å². The van der Waals surface area contributed by atoms with Gasteiger partial charge in [-0.3, -0.25) is 4.79 Å². The summed E-state index contributed by atoms with van der Waals surface area (Å²) in [6, 6.07) is 0. The molecule has 0 aromatic carbocycles. The maximum atomic E-state index is 11.6. The van der Waals surface area contributed by atoms with Gasteiger partial charge in [0.05, 0.1) is 11.7 Å². The van der Waals surface area contributed by atoms with Crippen molar-refractivity contribution < 1.29 is 19.7 Å². The predicted octanol–water partition coefficient (Wildman–Crippen LogP) is 2.43. The van der Waals surface area contributed by atoms with Crippen molar-refractivity contribution in [1.82, 2.24) is 0 Å². The largest absolute Gasteiger partial charge is 0.461 e.